The van der Waals surface area contributed by atoms with Crippen molar-refractivity contribution in [3.8, 4) is 0 Å². The summed E-state index contributed by atoms with van der Waals surface area (Å²) in [6.45, 7) is 7.19. The van der Waals surface area contributed by atoms with Crippen LogP contribution in [0.15, 0.2) is 11.0 Å². The predicted octanol–water partition coefficient (Wildman–Crippen LogP) is 0.203. The van der Waals surface area contributed by atoms with Gasteiger partial charge in [-0.1, -0.05) is 0 Å². The van der Waals surface area contributed by atoms with Crippen LogP contribution in [0.2, 0.25) is 0 Å². The number of aliphatic hydroxyl groups excluding tert-OH is 2. The number of nitrogens with two attached hydrogens (primary N) is 1. The number of anilines is 1. The lowest BCUT2D eigenvalue weighted by Gasteiger charge is -2.33. The SMILES string of the molecule is CC(C)OC(=O)C(C)NP(=O)(NC(C)C(=O)OC(C)C)OCC1(C(F)F)OC(n2cc(F)c(N)nc2=O)C(O)C1O. The lowest BCUT2D eigenvalue weighted by atomic mass is 9.96. The van der Waals surface area contributed by atoms with E-state index >= 15 is 0 Å². The summed E-state index contributed by atoms with van der Waals surface area (Å²) in [6, 6.07) is -2.75. The van der Waals surface area contributed by atoms with Gasteiger partial charge >= 0.3 is 25.3 Å². The van der Waals surface area contributed by atoms with Gasteiger partial charge in [0.15, 0.2) is 23.5 Å². The molecule has 6 N–H and O–H groups in total. The van der Waals surface area contributed by atoms with Crippen LogP contribution in [0, 0.1) is 5.82 Å². The number of esters is 2. The number of nitrogens with zero attached hydrogens (tertiary/aromatic N) is 2. The Morgan fingerprint density at radius 1 is 1.12 bits per heavy atom. The predicted molar refractivity (Wildman–Crippen MR) is 135 cm³/mol. The summed E-state index contributed by atoms with van der Waals surface area (Å²) < 4.78 is 77.4. The van der Waals surface area contributed by atoms with Gasteiger partial charge in [0, 0.05) is 0 Å². The van der Waals surface area contributed by atoms with Crippen molar-refractivity contribution < 1.29 is 56.3 Å². The van der Waals surface area contributed by atoms with E-state index in [9.17, 15) is 42.3 Å². The fourth-order valence-electron chi connectivity index (χ4n) is 3.62. The first-order chi connectivity index (χ1) is 18.8. The average Bonchev–Trinajstić information content (AvgIpc) is 3.10. The van der Waals surface area contributed by atoms with E-state index < -0.39 is 98.3 Å². The minimum atomic E-state index is -4.69. The van der Waals surface area contributed by atoms with E-state index in [1.54, 1.807) is 27.7 Å². The van der Waals surface area contributed by atoms with Gasteiger partial charge in [0.1, 0.15) is 24.3 Å². The number of carbonyl (C=O) groups is 2. The van der Waals surface area contributed by atoms with Crippen molar-refractivity contribution in [2.24, 2.45) is 0 Å². The highest BCUT2D eigenvalue weighted by Crippen LogP contribution is 2.46. The molecule has 6 unspecified atom stereocenters. The zero-order chi connectivity index (χ0) is 31.4. The molecule has 1 saturated heterocycles. The minimum Gasteiger partial charge on any atom is -0.462 e. The van der Waals surface area contributed by atoms with Crippen molar-refractivity contribution in [2.75, 3.05) is 12.3 Å². The lowest BCUT2D eigenvalue weighted by Crippen LogP contribution is -2.53. The summed E-state index contributed by atoms with van der Waals surface area (Å²) in [6.07, 6.45) is -11.2. The monoisotopic (exact) mass is 617 g/mol. The standard InChI is InChI=1S/C22H35F3N5O10P/c1-9(2)38-18(33)11(5)28-41(36,29-12(6)19(34)39-10(3)4)37-8-22(20(24)25)15(32)14(31)17(40-22)30-7-13(23)16(26)27-21(30)35/h7,9-12,14-15,17,20,31-32H,8H2,1-6H3,(H2,26,27,35)(H2,28,29,36). The fourth-order valence-corrected chi connectivity index (χ4v) is 5.46. The summed E-state index contributed by atoms with van der Waals surface area (Å²) in [7, 11) is -4.69. The first kappa shape index (κ1) is 34.6. The van der Waals surface area contributed by atoms with Gasteiger partial charge in [0.05, 0.1) is 25.0 Å². The third kappa shape index (κ3) is 8.24. The molecule has 2 heterocycles. The number of nitrogens with one attached hydrogen (secondary N) is 2. The Morgan fingerprint density at radius 2 is 1.61 bits per heavy atom. The largest absolute Gasteiger partial charge is 0.462 e. The molecular weight excluding hydrogens is 582 g/mol. The number of aliphatic hydroxyl groups is 2. The van der Waals surface area contributed by atoms with Crippen molar-refractivity contribution >= 4 is 25.4 Å². The maximum absolute atomic E-state index is 14.4. The van der Waals surface area contributed by atoms with Crippen molar-refractivity contribution in [2.45, 2.75) is 96.3 Å². The molecule has 0 aromatic carbocycles. The summed E-state index contributed by atoms with van der Waals surface area (Å²) in [5, 5.41) is 25.6. The second-order valence-electron chi connectivity index (χ2n) is 9.86. The summed E-state index contributed by atoms with van der Waals surface area (Å²) in [4.78, 5) is 40.0. The smallest absolute Gasteiger partial charge is 0.351 e. The molecule has 1 fully saturated rings. The number of rotatable bonds is 13. The number of ether oxygens (including phenoxy) is 3. The maximum atomic E-state index is 14.4. The molecule has 0 saturated carbocycles. The van der Waals surface area contributed by atoms with Crippen LogP contribution in [0.3, 0.4) is 0 Å². The molecule has 1 aliphatic heterocycles. The quantitative estimate of drug-likeness (QED) is 0.148. The van der Waals surface area contributed by atoms with Gasteiger partial charge in [-0.3, -0.25) is 18.7 Å². The molecule has 6 atom stereocenters. The van der Waals surface area contributed by atoms with Gasteiger partial charge < -0.3 is 34.7 Å². The minimum absolute atomic E-state index is 0.299. The highest BCUT2D eigenvalue weighted by molar-refractivity contribution is 7.54. The highest BCUT2D eigenvalue weighted by Gasteiger charge is 2.61. The zero-order valence-corrected chi connectivity index (χ0v) is 24.0. The number of hydrogen-bond acceptors (Lipinski definition) is 12. The molecule has 234 valence electrons. The molecule has 41 heavy (non-hydrogen) atoms. The van der Waals surface area contributed by atoms with Gasteiger partial charge in [-0.05, 0) is 41.5 Å². The first-order valence-electron chi connectivity index (χ1n) is 12.4. The molecule has 0 aliphatic carbocycles. The lowest BCUT2D eigenvalue weighted by molar-refractivity contribution is -0.192. The number of carbonyl (C=O) groups excluding carboxylic acids is 2. The molecule has 19 heteroatoms. The van der Waals surface area contributed by atoms with Crippen LogP contribution in [-0.4, -0.2) is 86.8 Å². The van der Waals surface area contributed by atoms with Crippen LogP contribution in [0.1, 0.15) is 47.8 Å². The molecule has 0 spiro atoms. The number of hydrogen-bond donors (Lipinski definition) is 5. The highest BCUT2D eigenvalue weighted by atomic mass is 31.2. The van der Waals surface area contributed by atoms with Gasteiger partial charge in [0.2, 0.25) is 0 Å². The van der Waals surface area contributed by atoms with E-state index in [4.69, 9.17) is 24.5 Å². The van der Waals surface area contributed by atoms with E-state index in [1.165, 1.54) is 13.8 Å². The van der Waals surface area contributed by atoms with E-state index in [2.05, 4.69) is 15.2 Å². The van der Waals surface area contributed by atoms with E-state index in [0.29, 0.717) is 10.8 Å². The van der Waals surface area contributed by atoms with E-state index in [1.807, 2.05) is 0 Å². The molecule has 1 aromatic rings. The molecule has 2 rings (SSSR count). The van der Waals surface area contributed by atoms with Crippen molar-refractivity contribution in [3.05, 3.63) is 22.5 Å². The molecule has 0 radical (unpaired) electrons. The Morgan fingerprint density at radius 3 is 2.05 bits per heavy atom. The molecule has 0 amide bonds. The molecule has 1 aliphatic rings. The van der Waals surface area contributed by atoms with E-state index in [-0.39, 0.29) is 0 Å². The van der Waals surface area contributed by atoms with Crippen molar-refractivity contribution in [1.82, 2.24) is 19.7 Å². The molecular formula is C22H35F3N5O10P. The second kappa shape index (κ2) is 13.6. The Labute approximate surface area is 233 Å². The maximum Gasteiger partial charge on any atom is 0.351 e. The number of aromatic nitrogens is 2. The number of nitrogen functional groups attached to an aromatic ring is 1. The van der Waals surface area contributed by atoms with Crippen LogP contribution in [0.25, 0.3) is 0 Å². The Hall–Kier alpha value is -2.60. The normalized spacial score (nSPS) is 25.8. The first-order valence-corrected chi connectivity index (χ1v) is 14.0. The van der Waals surface area contributed by atoms with Crippen LogP contribution in [0.4, 0.5) is 19.0 Å². The second-order valence-corrected chi connectivity index (χ2v) is 11.7. The van der Waals surface area contributed by atoms with Gasteiger partial charge in [-0.15, -0.1) is 0 Å². The van der Waals surface area contributed by atoms with Crippen LogP contribution in [-0.2, 0) is 32.9 Å². The van der Waals surface area contributed by atoms with Crippen molar-refractivity contribution in [3.63, 3.8) is 0 Å². The van der Waals surface area contributed by atoms with Gasteiger partial charge in [0.25, 0.3) is 6.43 Å². The molecule has 15 nitrogen and oxygen atoms in total. The zero-order valence-electron chi connectivity index (χ0n) is 23.1. The fraction of sp³-hybridized carbons (Fsp3) is 0.727. The van der Waals surface area contributed by atoms with Gasteiger partial charge in [-0.2, -0.15) is 4.98 Å². The van der Waals surface area contributed by atoms with Crippen molar-refractivity contribution in [1.29, 1.82) is 0 Å². The third-order valence-corrected chi connectivity index (χ3v) is 7.59. The van der Waals surface area contributed by atoms with Crippen LogP contribution < -0.4 is 21.6 Å². The number of alkyl halides is 2. The van der Waals surface area contributed by atoms with E-state index in [0.717, 1.165) is 0 Å². The van der Waals surface area contributed by atoms with Crippen LogP contribution >= 0.6 is 7.67 Å². The number of halogens is 3. The summed E-state index contributed by atoms with van der Waals surface area (Å²) in [5.41, 5.74) is 0.774. The Balaban J connectivity index is 2.41. The summed E-state index contributed by atoms with van der Waals surface area (Å²) >= 11 is 0. The topological polar surface area (TPSA) is 214 Å². The Kier molecular flexibility index (Phi) is 11.5. The van der Waals surface area contributed by atoms with Crippen LogP contribution in [0.5, 0.6) is 0 Å². The Bertz CT molecular complexity index is 1170. The van der Waals surface area contributed by atoms with Gasteiger partial charge in [-0.25, -0.2) is 28.1 Å². The molecule has 1 aromatic heterocycles. The average molecular weight is 618 g/mol. The summed E-state index contributed by atoms with van der Waals surface area (Å²) in [5.74, 6) is -3.87. The molecule has 0 bridgehead atoms. The third-order valence-electron chi connectivity index (χ3n) is 5.64.